The fourth-order valence-corrected chi connectivity index (χ4v) is 3.97. The highest BCUT2D eigenvalue weighted by atomic mass is 32.1. The Labute approximate surface area is 176 Å². The summed E-state index contributed by atoms with van der Waals surface area (Å²) in [7, 11) is 3.80. The molecule has 0 saturated carbocycles. The first-order valence-corrected chi connectivity index (χ1v) is 10.8. The molecular formula is C20H29N7OS. The first-order chi connectivity index (χ1) is 14.2. The van der Waals surface area contributed by atoms with Crippen molar-refractivity contribution in [2.45, 2.75) is 12.8 Å². The van der Waals surface area contributed by atoms with Gasteiger partial charge in [-0.1, -0.05) is 6.07 Å². The molecule has 3 rings (SSSR count). The van der Waals surface area contributed by atoms with Gasteiger partial charge in [-0.15, -0.1) is 11.3 Å². The molecule has 1 amide bonds. The summed E-state index contributed by atoms with van der Waals surface area (Å²) in [5, 5.41) is 5.40. The molecule has 29 heavy (non-hydrogen) atoms. The third kappa shape index (κ3) is 6.15. The number of hydrogen-bond acceptors (Lipinski definition) is 6. The maximum Gasteiger partial charge on any atom is 0.225 e. The second-order valence-electron chi connectivity index (χ2n) is 6.89. The summed E-state index contributed by atoms with van der Waals surface area (Å²) < 4.78 is 0. The normalized spacial score (nSPS) is 14.8. The van der Waals surface area contributed by atoms with Crippen LogP contribution >= 0.6 is 11.3 Å². The zero-order valence-corrected chi connectivity index (χ0v) is 17.9. The van der Waals surface area contributed by atoms with Crippen LogP contribution < -0.4 is 10.2 Å². The van der Waals surface area contributed by atoms with Gasteiger partial charge in [0.1, 0.15) is 0 Å². The SMILES string of the molecule is CN=C(NCCC(=O)N1CCN(c2ncccn2)CC1)N(C)CCc1cccs1. The molecule has 3 heterocycles. The first-order valence-electron chi connectivity index (χ1n) is 9.91. The Hall–Kier alpha value is -2.68. The number of nitrogens with zero attached hydrogens (tertiary/aromatic N) is 6. The van der Waals surface area contributed by atoms with Crippen molar-refractivity contribution in [1.82, 2.24) is 25.1 Å². The van der Waals surface area contributed by atoms with Crippen molar-refractivity contribution >= 4 is 29.2 Å². The molecule has 0 bridgehead atoms. The number of nitrogens with one attached hydrogen (secondary N) is 1. The number of amides is 1. The van der Waals surface area contributed by atoms with Crippen LogP contribution in [0.1, 0.15) is 11.3 Å². The van der Waals surface area contributed by atoms with Gasteiger partial charge in [0.05, 0.1) is 0 Å². The molecular weight excluding hydrogens is 386 g/mol. The van der Waals surface area contributed by atoms with E-state index in [4.69, 9.17) is 0 Å². The van der Waals surface area contributed by atoms with Crippen molar-refractivity contribution in [3.63, 3.8) is 0 Å². The average Bonchev–Trinajstić information content (AvgIpc) is 3.29. The van der Waals surface area contributed by atoms with E-state index in [-0.39, 0.29) is 5.91 Å². The number of guanidine groups is 1. The summed E-state index contributed by atoms with van der Waals surface area (Å²) in [5.41, 5.74) is 0. The Morgan fingerprint density at radius 1 is 1.24 bits per heavy atom. The van der Waals surface area contributed by atoms with Gasteiger partial charge in [-0.2, -0.15) is 0 Å². The zero-order chi connectivity index (χ0) is 20.5. The lowest BCUT2D eigenvalue weighted by Gasteiger charge is -2.34. The number of carbonyl (C=O) groups is 1. The second-order valence-corrected chi connectivity index (χ2v) is 7.92. The van der Waals surface area contributed by atoms with Crippen LogP contribution in [0.3, 0.4) is 0 Å². The molecule has 8 nitrogen and oxygen atoms in total. The number of thiophene rings is 1. The third-order valence-corrected chi connectivity index (χ3v) is 5.87. The lowest BCUT2D eigenvalue weighted by atomic mass is 10.3. The fourth-order valence-electron chi connectivity index (χ4n) is 3.27. The van der Waals surface area contributed by atoms with Gasteiger partial charge < -0.3 is 20.0 Å². The second kappa shape index (κ2) is 10.8. The summed E-state index contributed by atoms with van der Waals surface area (Å²) in [6, 6.07) is 6.03. The summed E-state index contributed by atoms with van der Waals surface area (Å²) in [6.45, 7) is 4.39. The van der Waals surface area contributed by atoms with E-state index in [1.54, 1.807) is 30.8 Å². The average molecular weight is 416 g/mol. The van der Waals surface area contributed by atoms with E-state index in [0.717, 1.165) is 38.0 Å². The number of likely N-dealkylation sites (N-methyl/N-ethyl adjacent to an activating group) is 1. The molecule has 1 N–H and O–H groups in total. The van der Waals surface area contributed by atoms with Gasteiger partial charge in [-0.05, 0) is 23.9 Å². The maximum atomic E-state index is 12.5. The van der Waals surface area contributed by atoms with Crippen LogP contribution in [0.4, 0.5) is 5.95 Å². The fraction of sp³-hybridized carbons (Fsp3) is 0.500. The van der Waals surface area contributed by atoms with Crippen molar-refractivity contribution in [3.05, 3.63) is 40.8 Å². The molecule has 1 aliphatic rings. The predicted octanol–water partition coefficient (Wildman–Crippen LogP) is 1.33. The number of aliphatic imine (C=N–C) groups is 1. The molecule has 2 aromatic heterocycles. The molecule has 156 valence electrons. The van der Waals surface area contributed by atoms with Crippen molar-refractivity contribution in [2.75, 3.05) is 58.3 Å². The highest BCUT2D eigenvalue weighted by molar-refractivity contribution is 7.09. The number of rotatable bonds is 7. The molecule has 1 fully saturated rings. The Kier molecular flexibility index (Phi) is 7.80. The number of piperazine rings is 1. The van der Waals surface area contributed by atoms with E-state index in [1.165, 1.54) is 4.88 Å². The molecule has 0 aromatic carbocycles. The van der Waals surface area contributed by atoms with E-state index < -0.39 is 0 Å². The van der Waals surface area contributed by atoms with E-state index in [9.17, 15) is 4.79 Å². The van der Waals surface area contributed by atoms with Gasteiger partial charge >= 0.3 is 0 Å². The largest absolute Gasteiger partial charge is 0.356 e. The molecule has 1 aliphatic heterocycles. The van der Waals surface area contributed by atoms with Crippen molar-refractivity contribution < 1.29 is 4.79 Å². The number of anilines is 1. The summed E-state index contributed by atoms with van der Waals surface area (Å²) >= 11 is 1.77. The number of carbonyl (C=O) groups excluding carboxylic acids is 1. The molecule has 0 atom stereocenters. The smallest absolute Gasteiger partial charge is 0.225 e. The van der Waals surface area contributed by atoms with E-state index in [2.05, 4.69) is 47.6 Å². The Morgan fingerprint density at radius 2 is 2.00 bits per heavy atom. The molecule has 1 saturated heterocycles. The van der Waals surface area contributed by atoms with Crippen molar-refractivity contribution in [1.29, 1.82) is 0 Å². The quantitative estimate of drug-likeness (QED) is 0.543. The molecule has 9 heteroatoms. The highest BCUT2D eigenvalue weighted by Gasteiger charge is 2.22. The van der Waals surface area contributed by atoms with Gasteiger partial charge in [0.25, 0.3) is 0 Å². The minimum atomic E-state index is 0.169. The Bertz CT molecular complexity index is 773. The number of aromatic nitrogens is 2. The lowest BCUT2D eigenvalue weighted by molar-refractivity contribution is -0.131. The third-order valence-electron chi connectivity index (χ3n) is 4.94. The van der Waals surface area contributed by atoms with Crippen LogP contribution in [0.25, 0.3) is 0 Å². The highest BCUT2D eigenvalue weighted by Crippen LogP contribution is 2.11. The topological polar surface area (TPSA) is 77.0 Å². The predicted molar refractivity (Wildman–Crippen MR) is 117 cm³/mol. The van der Waals surface area contributed by atoms with Crippen LogP contribution in [0.2, 0.25) is 0 Å². The lowest BCUT2D eigenvalue weighted by Crippen LogP contribution is -2.50. The maximum absolute atomic E-state index is 12.5. The van der Waals surface area contributed by atoms with Crippen LogP contribution in [0.15, 0.2) is 41.0 Å². The van der Waals surface area contributed by atoms with Crippen LogP contribution in [-0.4, -0.2) is 85.0 Å². The minimum Gasteiger partial charge on any atom is -0.356 e. The summed E-state index contributed by atoms with van der Waals surface area (Å²) in [4.78, 5) is 32.9. The van der Waals surface area contributed by atoms with Crippen LogP contribution in [0.5, 0.6) is 0 Å². The molecule has 0 aliphatic carbocycles. The standard InChI is InChI=1S/C20H29N7OS/c1-21-19(25(2)11-7-17-5-3-16-29-17)24-10-6-18(28)26-12-14-27(15-13-26)20-22-8-4-9-23-20/h3-5,8-9,16H,6-7,10-15H2,1-2H3,(H,21,24). The van der Waals surface area contributed by atoms with Crippen molar-refractivity contribution in [2.24, 2.45) is 4.99 Å². The van der Waals surface area contributed by atoms with E-state index >= 15 is 0 Å². The van der Waals surface area contributed by atoms with Crippen LogP contribution in [-0.2, 0) is 11.2 Å². The Morgan fingerprint density at radius 3 is 2.66 bits per heavy atom. The molecule has 0 radical (unpaired) electrons. The van der Waals surface area contributed by atoms with Crippen LogP contribution in [0, 0.1) is 0 Å². The van der Waals surface area contributed by atoms with Gasteiger partial charge in [0, 0.05) is 77.1 Å². The Balaban J connectivity index is 1.36. The van der Waals surface area contributed by atoms with Gasteiger partial charge in [-0.25, -0.2) is 9.97 Å². The molecule has 0 unspecified atom stereocenters. The van der Waals surface area contributed by atoms with Gasteiger partial charge in [0.2, 0.25) is 11.9 Å². The van der Waals surface area contributed by atoms with Gasteiger partial charge in [0.15, 0.2) is 5.96 Å². The zero-order valence-electron chi connectivity index (χ0n) is 17.1. The van der Waals surface area contributed by atoms with E-state index in [0.29, 0.717) is 26.1 Å². The molecule has 2 aromatic rings. The summed E-state index contributed by atoms with van der Waals surface area (Å²) in [5.74, 6) is 1.72. The monoisotopic (exact) mass is 415 g/mol. The summed E-state index contributed by atoms with van der Waals surface area (Å²) in [6.07, 6.45) is 4.94. The van der Waals surface area contributed by atoms with Gasteiger partial charge in [-0.3, -0.25) is 9.79 Å². The van der Waals surface area contributed by atoms with Crippen molar-refractivity contribution in [3.8, 4) is 0 Å². The van der Waals surface area contributed by atoms with E-state index in [1.807, 2.05) is 18.0 Å². The minimum absolute atomic E-state index is 0.169. The number of hydrogen-bond donors (Lipinski definition) is 1. The molecule has 0 spiro atoms. The first kappa shape index (κ1) is 21.0.